The number of rotatable bonds is 4. The maximum absolute atomic E-state index is 12.9. The van der Waals surface area contributed by atoms with Crippen LogP contribution in [-0.2, 0) is 25.2 Å². The minimum atomic E-state index is -0.678. The van der Waals surface area contributed by atoms with Crippen molar-refractivity contribution >= 4 is 29.6 Å². The zero-order chi connectivity index (χ0) is 25.4. The van der Waals surface area contributed by atoms with E-state index in [-0.39, 0.29) is 18.0 Å². The fraction of sp³-hybridized carbons (Fsp3) is 0.444. The molecule has 0 aliphatic carbocycles. The molecule has 0 radical (unpaired) electrons. The Hall–Kier alpha value is -3.75. The van der Waals surface area contributed by atoms with Crippen molar-refractivity contribution in [2.45, 2.75) is 49.9 Å². The summed E-state index contributed by atoms with van der Waals surface area (Å²) >= 11 is 0. The van der Waals surface area contributed by atoms with Crippen LogP contribution in [0, 0.1) is 0 Å². The van der Waals surface area contributed by atoms with Crippen molar-refractivity contribution in [3.05, 3.63) is 47.5 Å². The molecule has 4 heterocycles. The van der Waals surface area contributed by atoms with Crippen molar-refractivity contribution in [2.24, 2.45) is 0 Å². The first-order valence-corrected chi connectivity index (χ1v) is 12.3. The Balaban J connectivity index is 1.70. The zero-order valence-electron chi connectivity index (χ0n) is 20.9. The van der Waals surface area contributed by atoms with Crippen LogP contribution in [0.2, 0.25) is 0 Å². The molecule has 2 saturated heterocycles. The number of anilines is 2. The molecule has 6 rings (SSSR count). The summed E-state index contributed by atoms with van der Waals surface area (Å²) in [4.78, 5) is 43.9. The number of nitrogens with zero attached hydrogens (tertiary/aromatic N) is 3. The van der Waals surface area contributed by atoms with Crippen LogP contribution >= 0.6 is 0 Å². The van der Waals surface area contributed by atoms with Gasteiger partial charge in [0.2, 0.25) is 18.2 Å². The number of carbonyl (C=O) groups excluding carboxylic acids is 3. The second-order valence-electron chi connectivity index (χ2n) is 10.1. The average Bonchev–Trinajstić information content (AvgIpc) is 3.59. The number of ether oxygens (including phenoxy) is 2. The quantitative estimate of drug-likeness (QED) is 0.662. The lowest BCUT2D eigenvalue weighted by atomic mass is 9.55. The Labute approximate surface area is 209 Å². The largest absolute Gasteiger partial charge is 0.497 e. The van der Waals surface area contributed by atoms with Crippen LogP contribution in [0.1, 0.15) is 37.8 Å². The van der Waals surface area contributed by atoms with E-state index in [1.165, 1.54) is 0 Å². The van der Waals surface area contributed by atoms with Gasteiger partial charge in [-0.3, -0.25) is 19.3 Å². The summed E-state index contributed by atoms with van der Waals surface area (Å²) < 4.78 is 11.3. The SMILES string of the molecule is COc1ccc2c(c1)[C@@]1([C@]34CCN(C(C)=O)[C@H]3N(C=O)c3ccc(OC)cc34)CCN(C(C)=O)[C@H]1N2. The lowest BCUT2D eigenvalue weighted by Gasteiger charge is -2.49. The molecule has 0 spiro atoms. The molecule has 36 heavy (non-hydrogen) atoms. The molecule has 0 aromatic heterocycles. The van der Waals surface area contributed by atoms with E-state index >= 15 is 0 Å². The van der Waals surface area contributed by atoms with E-state index in [0.29, 0.717) is 31.7 Å². The molecule has 2 aromatic rings. The van der Waals surface area contributed by atoms with E-state index in [1.54, 1.807) is 37.9 Å². The normalized spacial score (nSPS) is 29.3. The topological polar surface area (TPSA) is 91.4 Å². The number of carbonyl (C=O) groups is 3. The van der Waals surface area contributed by atoms with E-state index in [2.05, 4.69) is 11.4 Å². The van der Waals surface area contributed by atoms with Crippen LogP contribution in [-0.4, -0.2) is 67.7 Å². The molecule has 188 valence electrons. The number of hydrogen-bond acceptors (Lipinski definition) is 6. The Morgan fingerprint density at radius 1 is 0.917 bits per heavy atom. The standard InChI is InChI=1S/C27H30N4O5/c1-16(33)29-11-9-26(20-13-18(35-3)5-7-22(20)28-24(26)29)27-10-12-30(17(2)34)25(27)31(15-32)23-8-6-19(36-4)14-21(23)27/h5-8,13-15,24-25,28H,9-12H2,1-4H3/t24-,25+,26+,27+/m1/s1. The summed E-state index contributed by atoms with van der Waals surface area (Å²) in [5, 5.41) is 3.65. The lowest BCUT2D eigenvalue weighted by Crippen LogP contribution is -2.63. The van der Waals surface area contributed by atoms with Crippen molar-refractivity contribution < 1.29 is 23.9 Å². The molecule has 0 bridgehead atoms. The highest BCUT2D eigenvalue weighted by Gasteiger charge is 2.74. The number of nitrogens with one attached hydrogen (secondary N) is 1. The maximum atomic E-state index is 12.9. The van der Waals surface area contributed by atoms with Gasteiger partial charge >= 0.3 is 0 Å². The Morgan fingerprint density at radius 2 is 1.53 bits per heavy atom. The van der Waals surface area contributed by atoms with Crippen LogP contribution in [0.3, 0.4) is 0 Å². The number of benzene rings is 2. The Morgan fingerprint density at radius 3 is 2.17 bits per heavy atom. The minimum absolute atomic E-state index is 0.0142. The molecule has 9 heteroatoms. The van der Waals surface area contributed by atoms with Gasteiger partial charge in [-0.2, -0.15) is 0 Å². The van der Waals surface area contributed by atoms with Crippen LogP contribution in [0.5, 0.6) is 11.5 Å². The number of methoxy groups -OCH3 is 2. The molecule has 0 unspecified atom stereocenters. The molecular formula is C27H30N4O5. The molecule has 3 amide bonds. The van der Waals surface area contributed by atoms with E-state index in [4.69, 9.17) is 9.47 Å². The summed E-state index contributed by atoms with van der Waals surface area (Å²) in [5.74, 6) is 1.31. The number of amides is 3. The van der Waals surface area contributed by atoms with Crippen LogP contribution in [0.15, 0.2) is 36.4 Å². The smallest absolute Gasteiger partial charge is 0.221 e. The average molecular weight is 491 g/mol. The molecule has 4 aliphatic heterocycles. The third-order valence-corrected chi connectivity index (χ3v) is 8.95. The van der Waals surface area contributed by atoms with Crippen LogP contribution in [0.4, 0.5) is 11.4 Å². The first-order valence-electron chi connectivity index (χ1n) is 12.3. The van der Waals surface area contributed by atoms with Crippen molar-refractivity contribution in [1.82, 2.24) is 9.80 Å². The highest BCUT2D eigenvalue weighted by Crippen LogP contribution is 2.68. The van der Waals surface area contributed by atoms with Gasteiger partial charge in [0.05, 0.1) is 25.0 Å². The summed E-state index contributed by atoms with van der Waals surface area (Å²) in [6.07, 6.45) is 1.29. The number of hydrogen-bond donors (Lipinski definition) is 1. The molecule has 4 atom stereocenters. The van der Waals surface area contributed by atoms with Crippen LogP contribution < -0.4 is 19.7 Å². The first kappa shape index (κ1) is 22.7. The number of fused-ring (bicyclic) bond motifs is 7. The van der Waals surface area contributed by atoms with E-state index in [1.807, 2.05) is 35.2 Å². The molecule has 1 N–H and O–H groups in total. The van der Waals surface area contributed by atoms with Gasteiger partial charge in [0.1, 0.15) is 23.8 Å². The maximum Gasteiger partial charge on any atom is 0.221 e. The van der Waals surface area contributed by atoms with Crippen molar-refractivity contribution in [2.75, 3.05) is 37.5 Å². The Kier molecular flexibility index (Phi) is 4.81. The summed E-state index contributed by atoms with van der Waals surface area (Å²) in [6.45, 7) is 4.22. The van der Waals surface area contributed by atoms with E-state index in [9.17, 15) is 14.4 Å². The molecule has 2 fully saturated rings. The molecule has 9 nitrogen and oxygen atoms in total. The van der Waals surface area contributed by atoms with Gasteiger partial charge in [0, 0.05) is 38.3 Å². The van der Waals surface area contributed by atoms with Crippen molar-refractivity contribution in [1.29, 1.82) is 0 Å². The second-order valence-corrected chi connectivity index (χ2v) is 10.1. The molecular weight excluding hydrogens is 460 g/mol. The van der Waals surface area contributed by atoms with Gasteiger partial charge < -0.3 is 24.6 Å². The van der Waals surface area contributed by atoms with Gasteiger partial charge in [-0.15, -0.1) is 0 Å². The summed E-state index contributed by atoms with van der Waals surface area (Å²) in [7, 11) is 3.27. The monoisotopic (exact) mass is 490 g/mol. The molecule has 2 aromatic carbocycles. The first-order chi connectivity index (χ1) is 17.3. The number of likely N-dealkylation sites (tertiary alicyclic amines) is 2. The van der Waals surface area contributed by atoms with Crippen LogP contribution in [0.25, 0.3) is 0 Å². The highest BCUT2D eigenvalue weighted by atomic mass is 16.5. The summed E-state index contributed by atoms with van der Waals surface area (Å²) in [6, 6.07) is 11.7. The van der Waals surface area contributed by atoms with Gasteiger partial charge in [-0.05, 0) is 60.4 Å². The summed E-state index contributed by atoms with van der Waals surface area (Å²) in [5.41, 5.74) is 2.44. The zero-order valence-corrected chi connectivity index (χ0v) is 20.9. The lowest BCUT2D eigenvalue weighted by molar-refractivity contribution is -0.132. The van der Waals surface area contributed by atoms with E-state index < -0.39 is 17.0 Å². The van der Waals surface area contributed by atoms with E-state index in [0.717, 1.165) is 34.7 Å². The molecule has 0 saturated carbocycles. The third kappa shape index (κ3) is 2.52. The second kappa shape index (κ2) is 7.62. The Bertz CT molecular complexity index is 1300. The van der Waals surface area contributed by atoms with Gasteiger partial charge in [0.25, 0.3) is 0 Å². The van der Waals surface area contributed by atoms with Gasteiger partial charge in [0.15, 0.2) is 0 Å². The predicted molar refractivity (Wildman–Crippen MR) is 133 cm³/mol. The van der Waals surface area contributed by atoms with Gasteiger partial charge in [-0.25, -0.2) is 0 Å². The fourth-order valence-electron chi connectivity index (χ4n) is 7.62. The van der Waals surface area contributed by atoms with Crippen molar-refractivity contribution in [3.8, 4) is 11.5 Å². The van der Waals surface area contributed by atoms with Gasteiger partial charge in [-0.1, -0.05) is 0 Å². The highest BCUT2D eigenvalue weighted by molar-refractivity contribution is 5.89. The molecule has 4 aliphatic rings. The fourth-order valence-corrected chi connectivity index (χ4v) is 7.62. The van der Waals surface area contributed by atoms with Crippen molar-refractivity contribution in [3.63, 3.8) is 0 Å². The minimum Gasteiger partial charge on any atom is -0.497 e. The predicted octanol–water partition coefficient (Wildman–Crippen LogP) is 2.44. The third-order valence-electron chi connectivity index (χ3n) is 8.95.